The molecular formula is C14H16N2OS2. The minimum absolute atomic E-state index is 0.0424. The minimum Gasteiger partial charge on any atom is -0.350 e. The highest BCUT2D eigenvalue weighted by molar-refractivity contribution is 8.00. The topological polar surface area (TPSA) is 42.0 Å². The Kier molecular flexibility index (Phi) is 4.99. The number of pyridine rings is 1. The summed E-state index contributed by atoms with van der Waals surface area (Å²) in [6.45, 7) is 4.50. The first-order chi connectivity index (χ1) is 9.15. The van der Waals surface area contributed by atoms with Crippen LogP contribution in [0, 0.1) is 6.92 Å². The van der Waals surface area contributed by atoms with Crippen molar-refractivity contribution >= 4 is 29.0 Å². The molecule has 1 amide bonds. The Hall–Kier alpha value is -1.33. The van der Waals surface area contributed by atoms with Crippen LogP contribution in [0.25, 0.3) is 0 Å². The Balaban J connectivity index is 1.83. The first kappa shape index (κ1) is 14.1. The number of amides is 1. The van der Waals surface area contributed by atoms with Crippen LogP contribution in [-0.4, -0.2) is 16.1 Å². The predicted octanol–water partition coefficient (Wildman–Crippen LogP) is 3.25. The fourth-order valence-corrected chi connectivity index (χ4v) is 2.95. The molecule has 2 rings (SSSR count). The lowest BCUT2D eigenvalue weighted by Gasteiger charge is -2.10. The number of hydrogen-bond acceptors (Lipinski definition) is 4. The number of thiophene rings is 1. The van der Waals surface area contributed by atoms with Gasteiger partial charge in [0.05, 0.1) is 16.8 Å². The van der Waals surface area contributed by atoms with Gasteiger partial charge in [-0.05, 0) is 36.9 Å². The second kappa shape index (κ2) is 6.73. The van der Waals surface area contributed by atoms with Gasteiger partial charge in [-0.1, -0.05) is 23.9 Å². The van der Waals surface area contributed by atoms with Crippen LogP contribution < -0.4 is 5.32 Å². The van der Waals surface area contributed by atoms with E-state index in [2.05, 4.69) is 10.3 Å². The third kappa shape index (κ3) is 4.36. The second-order valence-corrected chi connectivity index (χ2v) is 6.62. The number of nitrogens with zero attached hydrogens (tertiary/aromatic N) is 1. The zero-order chi connectivity index (χ0) is 13.7. The predicted molar refractivity (Wildman–Crippen MR) is 80.5 cm³/mol. The van der Waals surface area contributed by atoms with E-state index in [0.29, 0.717) is 6.54 Å². The van der Waals surface area contributed by atoms with E-state index in [-0.39, 0.29) is 11.2 Å². The second-order valence-electron chi connectivity index (χ2n) is 4.23. The molecule has 0 aliphatic carbocycles. The summed E-state index contributed by atoms with van der Waals surface area (Å²) in [5.41, 5.74) is 1.12. The lowest BCUT2D eigenvalue weighted by atomic mass is 10.3. The molecule has 2 heterocycles. The highest BCUT2D eigenvalue weighted by atomic mass is 32.2. The van der Waals surface area contributed by atoms with Crippen molar-refractivity contribution in [2.45, 2.75) is 30.7 Å². The smallest absolute Gasteiger partial charge is 0.233 e. The standard InChI is InChI=1S/C14H16N2OS2/c1-10-5-6-13(15-8-10)19-11(2)14(17)16-9-12-4-3-7-18-12/h3-8,11H,9H2,1-2H3,(H,16,17)/t11-/m1/s1. The van der Waals surface area contributed by atoms with Crippen molar-refractivity contribution in [2.75, 3.05) is 0 Å². The molecule has 0 aliphatic heterocycles. The third-order valence-corrected chi connectivity index (χ3v) is 4.49. The van der Waals surface area contributed by atoms with E-state index in [4.69, 9.17) is 0 Å². The van der Waals surface area contributed by atoms with Gasteiger partial charge in [0.1, 0.15) is 0 Å². The normalized spacial score (nSPS) is 12.1. The number of aromatic nitrogens is 1. The van der Waals surface area contributed by atoms with Gasteiger partial charge < -0.3 is 5.32 Å². The molecule has 0 saturated carbocycles. The van der Waals surface area contributed by atoms with Crippen LogP contribution in [-0.2, 0) is 11.3 Å². The summed E-state index contributed by atoms with van der Waals surface area (Å²) in [5.74, 6) is 0.0424. The molecular weight excluding hydrogens is 276 g/mol. The highest BCUT2D eigenvalue weighted by Crippen LogP contribution is 2.21. The third-order valence-electron chi connectivity index (χ3n) is 2.57. The van der Waals surface area contributed by atoms with Crippen molar-refractivity contribution in [3.05, 3.63) is 46.3 Å². The molecule has 5 heteroatoms. The molecule has 0 aliphatic rings. The number of aryl methyl sites for hydroxylation is 1. The summed E-state index contributed by atoms with van der Waals surface area (Å²) in [5, 5.41) is 5.68. The first-order valence-electron chi connectivity index (χ1n) is 6.04. The Morgan fingerprint density at radius 3 is 2.95 bits per heavy atom. The van der Waals surface area contributed by atoms with Gasteiger partial charge in [-0.25, -0.2) is 4.98 Å². The fraction of sp³-hybridized carbons (Fsp3) is 0.286. The van der Waals surface area contributed by atoms with Crippen molar-refractivity contribution in [3.63, 3.8) is 0 Å². The largest absolute Gasteiger partial charge is 0.350 e. The molecule has 19 heavy (non-hydrogen) atoms. The Morgan fingerprint density at radius 1 is 1.47 bits per heavy atom. The Labute approximate surface area is 121 Å². The molecule has 0 fully saturated rings. The molecule has 1 N–H and O–H groups in total. The molecule has 0 radical (unpaired) electrons. The van der Waals surface area contributed by atoms with Crippen molar-refractivity contribution < 1.29 is 4.79 Å². The van der Waals surface area contributed by atoms with Crippen molar-refractivity contribution in [2.24, 2.45) is 0 Å². The molecule has 0 spiro atoms. The van der Waals surface area contributed by atoms with Crippen LogP contribution >= 0.6 is 23.1 Å². The quantitative estimate of drug-likeness (QED) is 0.860. The maximum absolute atomic E-state index is 12.0. The van der Waals surface area contributed by atoms with Crippen molar-refractivity contribution in [1.29, 1.82) is 0 Å². The molecule has 2 aromatic heterocycles. The van der Waals surface area contributed by atoms with Crippen LogP contribution in [0.4, 0.5) is 0 Å². The fourth-order valence-electron chi connectivity index (χ4n) is 1.49. The molecule has 100 valence electrons. The molecule has 0 aromatic carbocycles. The Morgan fingerprint density at radius 2 is 2.32 bits per heavy atom. The lowest BCUT2D eigenvalue weighted by molar-refractivity contribution is -0.120. The van der Waals surface area contributed by atoms with E-state index in [0.717, 1.165) is 10.6 Å². The van der Waals surface area contributed by atoms with Crippen molar-refractivity contribution in [3.8, 4) is 0 Å². The van der Waals surface area contributed by atoms with Gasteiger partial charge in [0, 0.05) is 11.1 Å². The summed E-state index contributed by atoms with van der Waals surface area (Å²) in [6, 6.07) is 7.96. The van der Waals surface area contributed by atoms with Gasteiger partial charge in [0.2, 0.25) is 5.91 Å². The van der Waals surface area contributed by atoms with Crippen LogP contribution in [0.1, 0.15) is 17.4 Å². The van der Waals surface area contributed by atoms with E-state index in [1.807, 2.05) is 49.7 Å². The number of nitrogens with one attached hydrogen (secondary N) is 1. The molecule has 0 bridgehead atoms. The van der Waals surface area contributed by atoms with E-state index < -0.39 is 0 Å². The van der Waals surface area contributed by atoms with Gasteiger partial charge in [0.15, 0.2) is 0 Å². The first-order valence-corrected chi connectivity index (χ1v) is 7.80. The summed E-state index contributed by atoms with van der Waals surface area (Å²) in [4.78, 5) is 17.4. The summed E-state index contributed by atoms with van der Waals surface area (Å²) < 4.78 is 0. The van der Waals surface area contributed by atoms with Crippen LogP contribution in [0.2, 0.25) is 0 Å². The number of hydrogen-bond donors (Lipinski definition) is 1. The summed E-state index contributed by atoms with van der Waals surface area (Å²) >= 11 is 3.13. The average Bonchev–Trinajstić information content (AvgIpc) is 2.91. The minimum atomic E-state index is -0.143. The number of thioether (sulfide) groups is 1. The zero-order valence-corrected chi connectivity index (χ0v) is 12.6. The Bertz CT molecular complexity index is 523. The van der Waals surface area contributed by atoms with Crippen LogP contribution in [0.15, 0.2) is 40.9 Å². The number of rotatable bonds is 5. The number of carbonyl (C=O) groups is 1. The zero-order valence-electron chi connectivity index (χ0n) is 10.9. The SMILES string of the molecule is Cc1ccc(S[C@H](C)C(=O)NCc2cccs2)nc1. The molecule has 1 atom stereocenters. The van der Waals surface area contributed by atoms with Crippen LogP contribution in [0.3, 0.4) is 0 Å². The summed E-state index contributed by atoms with van der Waals surface area (Å²) in [7, 11) is 0. The van der Waals surface area contributed by atoms with Gasteiger partial charge in [-0.3, -0.25) is 4.79 Å². The molecule has 3 nitrogen and oxygen atoms in total. The summed E-state index contributed by atoms with van der Waals surface area (Å²) in [6.07, 6.45) is 1.82. The maximum atomic E-state index is 12.0. The van der Waals surface area contributed by atoms with E-state index in [1.54, 1.807) is 11.3 Å². The molecule has 0 saturated heterocycles. The lowest BCUT2D eigenvalue weighted by Crippen LogP contribution is -2.30. The van der Waals surface area contributed by atoms with E-state index in [1.165, 1.54) is 16.6 Å². The highest BCUT2D eigenvalue weighted by Gasteiger charge is 2.14. The van der Waals surface area contributed by atoms with Crippen molar-refractivity contribution in [1.82, 2.24) is 10.3 Å². The molecule has 2 aromatic rings. The number of carbonyl (C=O) groups excluding carboxylic acids is 1. The van der Waals surface area contributed by atoms with E-state index in [9.17, 15) is 4.79 Å². The van der Waals surface area contributed by atoms with Crippen LogP contribution in [0.5, 0.6) is 0 Å². The van der Waals surface area contributed by atoms with E-state index >= 15 is 0 Å². The van der Waals surface area contributed by atoms with Gasteiger partial charge in [0.25, 0.3) is 0 Å². The monoisotopic (exact) mass is 292 g/mol. The molecule has 0 unspecified atom stereocenters. The average molecular weight is 292 g/mol. The van der Waals surface area contributed by atoms with Gasteiger partial charge in [-0.2, -0.15) is 0 Å². The van der Waals surface area contributed by atoms with Gasteiger partial charge >= 0.3 is 0 Å². The maximum Gasteiger partial charge on any atom is 0.233 e. The van der Waals surface area contributed by atoms with Gasteiger partial charge in [-0.15, -0.1) is 11.3 Å².